The van der Waals surface area contributed by atoms with Gasteiger partial charge in [0, 0.05) is 18.3 Å². The Balaban J connectivity index is 1.29. The molecule has 8 nitrogen and oxygen atoms in total. The predicted octanol–water partition coefficient (Wildman–Crippen LogP) is 5.06. The van der Waals surface area contributed by atoms with E-state index in [0.717, 1.165) is 36.1 Å². The molecule has 190 valence electrons. The number of benzene rings is 2. The third kappa shape index (κ3) is 3.65. The molecule has 4 aromatic rings. The molecule has 3 aliphatic rings. The van der Waals surface area contributed by atoms with E-state index in [1.54, 1.807) is 24.1 Å². The SMILES string of the molecule is CN1C(=O)c2c(nn(Cc3ccc(-c4cccc(F)n4)cc3)c2Nc2ccccc2)N2C1=NC1CCCC12. The van der Waals surface area contributed by atoms with Crippen LogP contribution in [0, 0.1) is 5.95 Å². The van der Waals surface area contributed by atoms with Gasteiger partial charge in [0.25, 0.3) is 5.91 Å². The summed E-state index contributed by atoms with van der Waals surface area (Å²) in [6.07, 6.45) is 3.19. The Bertz CT molecular complexity index is 1560. The molecule has 1 N–H and O–H groups in total. The Morgan fingerprint density at radius 3 is 2.61 bits per heavy atom. The number of guanidine groups is 1. The van der Waals surface area contributed by atoms with Crippen LogP contribution in [0.25, 0.3) is 11.3 Å². The summed E-state index contributed by atoms with van der Waals surface area (Å²) < 4.78 is 15.5. The molecule has 2 aliphatic heterocycles. The van der Waals surface area contributed by atoms with Crippen molar-refractivity contribution in [1.29, 1.82) is 0 Å². The van der Waals surface area contributed by atoms with Crippen molar-refractivity contribution in [3.8, 4) is 11.3 Å². The van der Waals surface area contributed by atoms with E-state index >= 15 is 0 Å². The minimum atomic E-state index is -0.505. The van der Waals surface area contributed by atoms with Gasteiger partial charge in [0.15, 0.2) is 5.82 Å². The number of carbonyl (C=O) groups excluding carboxylic acids is 1. The van der Waals surface area contributed by atoms with E-state index in [1.165, 1.54) is 6.07 Å². The molecule has 1 amide bonds. The summed E-state index contributed by atoms with van der Waals surface area (Å²) >= 11 is 0. The van der Waals surface area contributed by atoms with Gasteiger partial charge in [-0.15, -0.1) is 0 Å². The van der Waals surface area contributed by atoms with Crippen LogP contribution in [0.3, 0.4) is 0 Å². The Morgan fingerprint density at radius 1 is 1.00 bits per heavy atom. The van der Waals surface area contributed by atoms with Gasteiger partial charge in [-0.05, 0) is 49.1 Å². The first kappa shape index (κ1) is 22.7. The highest BCUT2D eigenvalue weighted by Crippen LogP contribution is 2.43. The number of carbonyl (C=O) groups is 1. The van der Waals surface area contributed by atoms with Crippen LogP contribution in [-0.4, -0.2) is 50.7 Å². The van der Waals surface area contributed by atoms with Gasteiger partial charge in [-0.2, -0.15) is 9.49 Å². The summed E-state index contributed by atoms with van der Waals surface area (Å²) in [4.78, 5) is 26.4. The standard InChI is InChI=1S/C29H26FN7O/c1-35-28(38)25-26(31-20-7-3-2-4-8-20)36(34-27(25)37-23-11-5-10-22(23)33-29(35)37)17-18-13-15-19(16-14-18)21-9-6-12-24(30)32-21/h2-4,6-9,12-16,22-23,31H,5,10-11,17H2,1H3. The largest absolute Gasteiger partial charge is 0.340 e. The fourth-order valence-electron chi connectivity index (χ4n) is 5.73. The Hall–Kier alpha value is -4.53. The summed E-state index contributed by atoms with van der Waals surface area (Å²) in [6.45, 7) is 0.449. The van der Waals surface area contributed by atoms with Crippen LogP contribution in [0.15, 0.2) is 77.8 Å². The predicted molar refractivity (Wildman–Crippen MR) is 144 cm³/mol. The number of aromatic nitrogens is 3. The lowest BCUT2D eigenvalue weighted by Crippen LogP contribution is -2.51. The van der Waals surface area contributed by atoms with Crippen molar-refractivity contribution in [1.82, 2.24) is 19.7 Å². The number of para-hydroxylation sites is 1. The Labute approximate surface area is 219 Å². The van der Waals surface area contributed by atoms with E-state index in [9.17, 15) is 9.18 Å². The van der Waals surface area contributed by atoms with Crippen molar-refractivity contribution < 1.29 is 9.18 Å². The maximum Gasteiger partial charge on any atom is 0.267 e. The molecule has 7 rings (SSSR count). The second-order valence-corrected chi connectivity index (χ2v) is 9.97. The maximum atomic E-state index is 13.7. The maximum absolute atomic E-state index is 13.7. The lowest BCUT2D eigenvalue weighted by atomic mass is 10.1. The van der Waals surface area contributed by atoms with Gasteiger partial charge in [0.2, 0.25) is 11.9 Å². The van der Waals surface area contributed by atoms with Gasteiger partial charge in [-0.1, -0.05) is 48.5 Å². The number of nitrogens with zero attached hydrogens (tertiary/aromatic N) is 6. The molecule has 0 saturated heterocycles. The zero-order valence-electron chi connectivity index (χ0n) is 20.9. The number of halogens is 1. The van der Waals surface area contributed by atoms with E-state index < -0.39 is 5.95 Å². The number of hydrogen-bond acceptors (Lipinski definition) is 6. The number of nitrogens with one attached hydrogen (secondary N) is 1. The summed E-state index contributed by atoms with van der Waals surface area (Å²) in [5.41, 5.74) is 3.84. The topological polar surface area (TPSA) is 78.7 Å². The Morgan fingerprint density at radius 2 is 1.82 bits per heavy atom. The van der Waals surface area contributed by atoms with Crippen molar-refractivity contribution >= 4 is 29.2 Å². The first-order valence-electron chi connectivity index (χ1n) is 12.9. The summed E-state index contributed by atoms with van der Waals surface area (Å²) in [7, 11) is 1.79. The average Bonchev–Trinajstić information content (AvgIpc) is 3.62. The number of amides is 1. The van der Waals surface area contributed by atoms with Gasteiger partial charge in [0.1, 0.15) is 11.4 Å². The second-order valence-electron chi connectivity index (χ2n) is 9.97. The van der Waals surface area contributed by atoms with Crippen molar-refractivity contribution in [3.63, 3.8) is 0 Å². The summed E-state index contributed by atoms with van der Waals surface area (Å²) in [5.74, 6) is 1.39. The molecule has 38 heavy (non-hydrogen) atoms. The minimum absolute atomic E-state index is 0.118. The Kier molecular flexibility index (Phi) is 5.24. The van der Waals surface area contributed by atoms with E-state index in [4.69, 9.17) is 10.1 Å². The van der Waals surface area contributed by atoms with E-state index in [-0.39, 0.29) is 18.0 Å². The smallest absolute Gasteiger partial charge is 0.267 e. The number of aliphatic imine (C=N–C) groups is 1. The van der Waals surface area contributed by atoms with Crippen molar-refractivity contribution in [3.05, 3.63) is 89.9 Å². The van der Waals surface area contributed by atoms with E-state index in [0.29, 0.717) is 35.4 Å². The highest BCUT2D eigenvalue weighted by molar-refractivity contribution is 6.21. The van der Waals surface area contributed by atoms with Gasteiger partial charge in [-0.25, -0.2) is 14.7 Å². The number of anilines is 3. The van der Waals surface area contributed by atoms with Crippen molar-refractivity contribution in [2.45, 2.75) is 37.9 Å². The molecule has 2 aromatic carbocycles. The first-order valence-corrected chi connectivity index (χ1v) is 12.9. The minimum Gasteiger partial charge on any atom is -0.340 e. The lowest BCUT2D eigenvalue weighted by molar-refractivity contribution is 0.0866. The van der Waals surface area contributed by atoms with Crippen LogP contribution >= 0.6 is 0 Å². The molecular weight excluding hydrogens is 481 g/mol. The molecule has 1 fully saturated rings. The molecule has 1 aliphatic carbocycles. The normalized spacial score (nSPS) is 19.7. The molecule has 2 aromatic heterocycles. The fourth-order valence-corrected chi connectivity index (χ4v) is 5.73. The summed E-state index contributed by atoms with van der Waals surface area (Å²) in [6, 6.07) is 22.8. The molecule has 9 heteroatoms. The van der Waals surface area contributed by atoms with E-state index in [2.05, 4.69) is 15.2 Å². The van der Waals surface area contributed by atoms with Gasteiger partial charge >= 0.3 is 0 Å². The zero-order valence-corrected chi connectivity index (χ0v) is 20.9. The zero-order chi connectivity index (χ0) is 25.8. The highest BCUT2D eigenvalue weighted by Gasteiger charge is 2.49. The van der Waals surface area contributed by atoms with Gasteiger partial charge in [0.05, 0.1) is 24.3 Å². The molecule has 0 bridgehead atoms. The molecule has 2 unspecified atom stereocenters. The molecule has 0 radical (unpaired) electrons. The van der Waals surface area contributed by atoms with Crippen LogP contribution in [0.5, 0.6) is 0 Å². The van der Waals surface area contributed by atoms with Crippen LogP contribution in [0.2, 0.25) is 0 Å². The second kappa shape index (κ2) is 8.79. The summed E-state index contributed by atoms with van der Waals surface area (Å²) in [5, 5.41) is 8.48. The van der Waals surface area contributed by atoms with Gasteiger partial charge < -0.3 is 5.32 Å². The lowest BCUT2D eigenvalue weighted by Gasteiger charge is -2.34. The van der Waals surface area contributed by atoms with E-state index in [1.807, 2.05) is 59.3 Å². The van der Waals surface area contributed by atoms with Crippen LogP contribution < -0.4 is 10.2 Å². The molecule has 2 atom stereocenters. The molecule has 1 saturated carbocycles. The fraction of sp³-hybridized carbons (Fsp3) is 0.241. The van der Waals surface area contributed by atoms with Crippen LogP contribution in [-0.2, 0) is 6.54 Å². The van der Waals surface area contributed by atoms with Crippen molar-refractivity contribution in [2.24, 2.45) is 4.99 Å². The molecule has 0 spiro atoms. The number of pyridine rings is 1. The monoisotopic (exact) mass is 507 g/mol. The molecule has 4 heterocycles. The van der Waals surface area contributed by atoms with Crippen LogP contribution in [0.4, 0.5) is 21.7 Å². The quantitative estimate of drug-likeness (QED) is 0.382. The average molecular weight is 508 g/mol. The van der Waals surface area contributed by atoms with Gasteiger partial charge in [-0.3, -0.25) is 14.6 Å². The van der Waals surface area contributed by atoms with Crippen molar-refractivity contribution in [2.75, 3.05) is 17.3 Å². The van der Waals surface area contributed by atoms with Crippen LogP contribution in [0.1, 0.15) is 35.2 Å². The number of hydrogen-bond donors (Lipinski definition) is 1. The highest BCUT2D eigenvalue weighted by atomic mass is 19.1. The third-order valence-corrected chi connectivity index (χ3v) is 7.59. The first-order chi connectivity index (χ1) is 18.6. The number of fused-ring (bicyclic) bond motifs is 5. The third-order valence-electron chi connectivity index (χ3n) is 7.59. The molecular formula is C29H26FN7O. The number of rotatable bonds is 5.